The SMILES string of the molecule is CCCN(C(=O)c1cccc[n+]1[O-])C1CC(OCC)C1(C)C. The molecule has 122 valence electrons. The summed E-state index contributed by atoms with van der Waals surface area (Å²) in [6, 6.07) is 5.05. The van der Waals surface area contributed by atoms with Gasteiger partial charge in [-0.2, -0.15) is 4.73 Å². The maximum absolute atomic E-state index is 12.8. The van der Waals surface area contributed by atoms with Crippen molar-refractivity contribution < 1.29 is 14.3 Å². The molecule has 0 aliphatic heterocycles. The van der Waals surface area contributed by atoms with Gasteiger partial charge >= 0.3 is 5.91 Å². The third-order valence-corrected chi connectivity index (χ3v) is 4.64. The van der Waals surface area contributed by atoms with Crippen molar-refractivity contribution in [3.05, 3.63) is 35.3 Å². The van der Waals surface area contributed by atoms with Crippen molar-refractivity contribution in [2.24, 2.45) is 5.41 Å². The van der Waals surface area contributed by atoms with Gasteiger partial charge in [-0.25, -0.2) is 0 Å². The minimum Gasteiger partial charge on any atom is -0.618 e. The zero-order valence-electron chi connectivity index (χ0n) is 13.9. The zero-order valence-corrected chi connectivity index (χ0v) is 13.9. The third kappa shape index (κ3) is 2.95. The van der Waals surface area contributed by atoms with Gasteiger partial charge in [0.05, 0.1) is 6.10 Å². The van der Waals surface area contributed by atoms with Crippen molar-refractivity contribution in [2.45, 2.75) is 52.7 Å². The Labute approximate surface area is 132 Å². The van der Waals surface area contributed by atoms with Crippen molar-refractivity contribution in [3.8, 4) is 0 Å². The number of nitrogens with zero attached hydrogens (tertiary/aromatic N) is 2. The van der Waals surface area contributed by atoms with Gasteiger partial charge in [0, 0.05) is 36.7 Å². The average Bonchev–Trinajstić information content (AvgIpc) is 2.49. The summed E-state index contributed by atoms with van der Waals surface area (Å²) in [6.45, 7) is 9.63. The lowest BCUT2D eigenvalue weighted by Gasteiger charge is -2.55. The molecule has 1 saturated carbocycles. The van der Waals surface area contributed by atoms with Crippen LogP contribution in [0.2, 0.25) is 0 Å². The first-order chi connectivity index (χ1) is 10.4. The molecular weight excluding hydrogens is 280 g/mol. The second kappa shape index (κ2) is 6.65. The number of carbonyl (C=O) groups is 1. The van der Waals surface area contributed by atoms with Crippen molar-refractivity contribution >= 4 is 5.91 Å². The molecule has 0 N–H and O–H groups in total. The molecule has 0 aromatic carbocycles. The van der Waals surface area contributed by atoms with Gasteiger partial charge in [0.25, 0.3) is 5.69 Å². The number of hydrogen-bond donors (Lipinski definition) is 0. The third-order valence-electron chi connectivity index (χ3n) is 4.64. The van der Waals surface area contributed by atoms with E-state index in [1.807, 2.05) is 18.7 Å². The molecule has 0 saturated heterocycles. The van der Waals surface area contributed by atoms with Crippen LogP contribution in [0.25, 0.3) is 0 Å². The first-order valence-electron chi connectivity index (χ1n) is 8.04. The predicted octanol–water partition coefficient (Wildman–Crippen LogP) is 2.38. The molecule has 1 fully saturated rings. The van der Waals surface area contributed by atoms with E-state index in [0.29, 0.717) is 17.9 Å². The van der Waals surface area contributed by atoms with Gasteiger partial charge in [0.15, 0.2) is 6.20 Å². The Morgan fingerprint density at radius 1 is 1.45 bits per heavy atom. The standard InChI is InChI=1S/C17H26N2O3/c1-5-10-18(14-12-15(22-6-2)17(14,3)4)16(20)13-9-7-8-11-19(13)21/h7-9,11,14-15H,5-6,10,12H2,1-4H3. The van der Waals surface area contributed by atoms with Gasteiger partial charge < -0.3 is 14.8 Å². The van der Waals surface area contributed by atoms with E-state index < -0.39 is 0 Å². The lowest BCUT2D eigenvalue weighted by Crippen LogP contribution is -2.64. The fraction of sp³-hybridized carbons (Fsp3) is 0.647. The van der Waals surface area contributed by atoms with Crippen LogP contribution >= 0.6 is 0 Å². The Morgan fingerprint density at radius 3 is 2.73 bits per heavy atom. The highest BCUT2D eigenvalue weighted by Crippen LogP contribution is 2.46. The van der Waals surface area contributed by atoms with Gasteiger partial charge in [0.1, 0.15) is 0 Å². The molecule has 2 unspecified atom stereocenters. The van der Waals surface area contributed by atoms with Crippen LogP contribution in [0, 0.1) is 10.6 Å². The van der Waals surface area contributed by atoms with Crippen LogP contribution in [0.1, 0.15) is 51.0 Å². The highest BCUT2D eigenvalue weighted by Gasteiger charge is 2.53. The molecule has 0 radical (unpaired) electrons. The summed E-state index contributed by atoms with van der Waals surface area (Å²) in [5, 5.41) is 11.9. The summed E-state index contributed by atoms with van der Waals surface area (Å²) in [4.78, 5) is 14.7. The average molecular weight is 306 g/mol. The van der Waals surface area contributed by atoms with Crippen molar-refractivity contribution in [1.29, 1.82) is 0 Å². The molecule has 0 bridgehead atoms. The van der Waals surface area contributed by atoms with E-state index in [1.54, 1.807) is 18.2 Å². The number of ether oxygens (including phenoxy) is 1. The number of hydrogen-bond acceptors (Lipinski definition) is 3. The molecule has 1 heterocycles. The molecule has 1 aromatic rings. The first-order valence-corrected chi connectivity index (χ1v) is 8.04. The van der Waals surface area contributed by atoms with Crippen LogP contribution in [-0.4, -0.2) is 36.1 Å². The van der Waals surface area contributed by atoms with E-state index in [1.165, 1.54) is 6.20 Å². The molecule has 0 spiro atoms. The maximum atomic E-state index is 12.8. The minimum absolute atomic E-state index is 0.0939. The Hall–Kier alpha value is -1.62. The highest BCUT2D eigenvalue weighted by molar-refractivity contribution is 5.91. The van der Waals surface area contributed by atoms with E-state index in [2.05, 4.69) is 13.8 Å². The van der Waals surface area contributed by atoms with Crippen LogP contribution in [0.5, 0.6) is 0 Å². The Balaban J connectivity index is 2.21. The normalized spacial score (nSPS) is 22.9. The number of pyridine rings is 1. The van der Waals surface area contributed by atoms with Gasteiger partial charge in [-0.3, -0.25) is 4.79 Å². The highest BCUT2D eigenvalue weighted by atomic mass is 16.5. The minimum atomic E-state index is -0.189. The quantitative estimate of drug-likeness (QED) is 0.599. The van der Waals surface area contributed by atoms with E-state index in [0.717, 1.165) is 12.8 Å². The van der Waals surface area contributed by atoms with Gasteiger partial charge in [-0.05, 0) is 25.8 Å². The Morgan fingerprint density at radius 2 is 2.18 bits per heavy atom. The number of carbonyl (C=O) groups excluding carboxylic acids is 1. The lowest BCUT2D eigenvalue weighted by molar-refractivity contribution is -0.608. The largest absolute Gasteiger partial charge is 0.618 e. The fourth-order valence-electron chi connectivity index (χ4n) is 3.26. The fourth-order valence-corrected chi connectivity index (χ4v) is 3.26. The smallest absolute Gasteiger partial charge is 0.320 e. The van der Waals surface area contributed by atoms with Crippen LogP contribution < -0.4 is 4.73 Å². The second-order valence-corrected chi connectivity index (χ2v) is 6.43. The summed E-state index contributed by atoms with van der Waals surface area (Å²) in [5.41, 5.74) is 0.0928. The van der Waals surface area contributed by atoms with Crippen molar-refractivity contribution in [3.63, 3.8) is 0 Å². The molecule has 1 amide bonds. The molecule has 2 atom stereocenters. The number of rotatable bonds is 6. The van der Waals surface area contributed by atoms with Gasteiger partial charge in [-0.15, -0.1) is 0 Å². The number of amides is 1. The van der Waals surface area contributed by atoms with E-state index in [-0.39, 0.29) is 29.2 Å². The Bertz CT molecular complexity index is 530. The van der Waals surface area contributed by atoms with Crippen LogP contribution in [0.3, 0.4) is 0 Å². The van der Waals surface area contributed by atoms with Crippen LogP contribution in [0.15, 0.2) is 24.4 Å². The second-order valence-electron chi connectivity index (χ2n) is 6.43. The van der Waals surface area contributed by atoms with Crippen molar-refractivity contribution in [1.82, 2.24) is 4.90 Å². The van der Waals surface area contributed by atoms with Crippen LogP contribution in [-0.2, 0) is 4.74 Å². The van der Waals surface area contributed by atoms with Gasteiger partial charge in [-0.1, -0.05) is 20.8 Å². The van der Waals surface area contributed by atoms with E-state index in [9.17, 15) is 10.0 Å². The first kappa shape index (κ1) is 16.7. The number of aromatic nitrogens is 1. The molecule has 1 aliphatic rings. The van der Waals surface area contributed by atoms with Crippen LogP contribution in [0.4, 0.5) is 0 Å². The van der Waals surface area contributed by atoms with E-state index in [4.69, 9.17) is 4.74 Å². The molecule has 1 aliphatic carbocycles. The van der Waals surface area contributed by atoms with Gasteiger partial charge in [0.2, 0.25) is 0 Å². The summed E-state index contributed by atoms with van der Waals surface area (Å²) in [7, 11) is 0. The molecule has 1 aromatic heterocycles. The lowest BCUT2D eigenvalue weighted by atomic mass is 9.63. The summed E-state index contributed by atoms with van der Waals surface area (Å²) >= 11 is 0. The molecule has 2 rings (SSSR count). The summed E-state index contributed by atoms with van der Waals surface area (Å²) < 4.78 is 6.41. The molecular formula is C17H26N2O3. The maximum Gasteiger partial charge on any atom is 0.320 e. The Kier molecular flexibility index (Phi) is 5.06. The summed E-state index contributed by atoms with van der Waals surface area (Å²) in [5.74, 6) is -0.189. The monoisotopic (exact) mass is 306 g/mol. The predicted molar refractivity (Wildman–Crippen MR) is 84.3 cm³/mol. The molecule has 22 heavy (non-hydrogen) atoms. The molecule has 5 nitrogen and oxygen atoms in total. The molecule has 5 heteroatoms. The summed E-state index contributed by atoms with van der Waals surface area (Å²) in [6.07, 6.45) is 3.23. The zero-order chi connectivity index (χ0) is 16.3. The van der Waals surface area contributed by atoms with E-state index >= 15 is 0 Å². The van der Waals surface area contributed by atoms with Crippen molar-refractivity contribution in [2.75, 3.05) is 13.2 Å². The topological polar surface area (TPSA) is 56.5 Å².